The lowest BCUT2D eigenvalue weighted by molar-refractivity contribution is 0.301. The number of hydrogen-bond donors (Lipinski definition) is 1. The van der Waals surface area contributed by atoms with E-state index in [-0.39, 0.29) is 27.2 Å². The molecule has 2 aromatic carbocycles. The molecule has 1 aromatic heterocycles. The lowest BCUT2D eigenvalue weighted by Crippen LogP contribution is -2.13. The second-order valence-corrected chi connectivity index (χ2v) is 7.90. The molecule has 5 nitrogen and oxygen atoms in total. The Labute approximate surface area is 165 Å². The van der Waals surface area contributed by atoms with Gasteiger partial charge in [0.15, 0.2) is 0 Å². The molecule has 3 aromatic rings. The number of nitrogens with zero attached hydrogens (tertiary/aromatic N) is 1. The van der Waals surface area contributed by atoms with Gasteiger partial charge in [-0.25, -0.2) is 12.8 Å². The fourth-order valence-corrected chi connectivity index (χ4v) is 4.04. The summed E-state index contributed by atoms with van der Waals surface area (Å²) in [7, 11) is -4.00. The summed E-state index contributed by atoms with van der Waals surface area (Å²) in [6, 6.07) is 12.9. The topological polar surface area (TPSA) is 68.3 Å². The number of ether oxygens (including phenoxy) is 1. The molecule has 0 aliphatic rings. The number of hydrogen-bond acceptors (Lipinski definition) is 4. The zero-order chi connectivity index (χ0) is 19.4. The van der Waals surface area contributed by atoms with Crippen molar-refractivity contribution in [1.29, 1.82) is 0 Å². The Bertz CT molecular complexity index is 1060. The van der Waals surface area contributed by atoms with Gasteiger partial charge in [0.1, 0.15) is 23.1 Å². The summed E-state index contributed by atoms with van der Waals surface area (Å²) >= 11 is 12.0. The van der Waals surface area contributed by atoms with Crippen molar-refractivity contribution in [1.82, 2.24) is 4.98 Å². The van der Waals surface area contributed by atoms with E-state index in [9.17, 15) is 12.8 Å². The van der Waals surface area contributed by atoms with Crippen LogP contribution in [0.2, 0.25) is 10.0 Å². The standard InChI is InChI=1S/C18H13Cl2FN2O3S/c19-15-10-13(5-6-17(15)26-11-14-3-1-2-8-22-14)23-27(24,25)18-7-4-12(21)9-16(18)20/h1-10,23H,11H2. The van der Waals surface area contributed by atoms with Crippen molar-refractivity contribution in [2.24, 2.45) is 0 Å². The summed E-state index contributed by atoms with van der Waals surface area (Å²) in [6.45, 7) is 0.219. The zero-order valence-corrected chi connectivity index (χ0v) is 16.0. The Balaban J connectivity index is 1.75. The van der Waals surface area contributed by atoms with E-state index in [0.717, 1.165) is 23.9 Å². The number of sulfonamides is 1. The molecule has 27 heavy (non-hydrogen) atoms. The first-order valence-corrected chi connectivity index (χ1v) is 9.89. The molecule has 0 fully saturated rings. The second-order valence-electron chi connectivity index (χ2n) is 5.44. The predicted octanol–water partition coefficient (Wildman–Crippen LogP) is 4.91. The molecule has 0 bridgehead atoms. The third-order valence-corrected chi connectivity index (χ3v) is 5.63. The summed E-state index contributed by atoms with van der Waals surface area (Å²) in [5, 5.41) is 0.000228. The second kappa shape index (κ2) is 8.12. The van der Waals surface area contributed by atoms with Crippen LogP contribution in [0, 0.1) is 5.82 Å². The number of anilines is 1. The fourth-order valence-electron chi connectivity index (χ4n) is 2.22. The third-order valence-electron chi connectivity index (χ3n) is 3.47. The van der Waals surface area contributed by atoms with Crippen LogP contribution in [-0.4, -0.2) is 13.4 Å². The molecule has 0 aliphatic heterocycles. The van der Waals surface area contributed by atoms with Gasteiger partial charge >= 0.3 is 0 Å². The molecular weight excluding hydrogens is 414 g/mol. The maximum atomic E-state index is 13.1. The van der Waals surface area contributed by atoms with E-state index in [0.29, 0.717) is 5.75 Å². The van der Waals surface area contributed by atoms with Crippen LogP contribution in [0.1, 0.15) is 5.69 Å². The SMILES string of the molecule is O=S(=O)(Nc1ccc(OCc2ccccn2)c(Cl)c1)c1ccc(F)cc1Cl. The van der Waals surface area contributed by atoms with Gasteiger partial charge in [-0.15, -0.1) is 0 Å². The van der Waals surface area contributed by atoms with E-state index in [1.54, 1.807) is 12.3 Å². The first-order chi connectivity index (χ1) is 12.8. The number of aromatic nitrogens is 1. The molecule has 0 unspecified atom stereocenters. The van der Waals surface area contributed by atoms with E-state index in [4.69, 9.17) is 27.9 Å². The van der Waals surface area contributed by atoms with Crippen LogP contribution in [-0.2, 0) is 16.6 Å². The summed E-state index contributed by atoms with van der Waals surface area (Å²) < 4.78 is 45.9. The Morgan fingerprint density at radius 1 is 1.04 bits per heavy atom. The normalized spacial score (nSPS) is 11.2. The van der Waals surface area contributed by atoms with Gasteiger partial charge in [0.2, 0.25) is 0 Å². The van der Waals surface area contributed by atoms with Crippen molar-refractivity contribution in [2.75, 3.05) is 4.72 Å². The van der Waals surface area contributed by atoms with Gasteiger partial charge in [0.25, 0.3) is 10.0 Å². The minimum absolute atomic E-state index is 0.213. The minimum atomic E-state index is -4.00. The van der Waals surface area contributed by atoms with Crippen molar-refractivity contribution < 1.29 is 17.5 Å². The van der Waals surface area contributed by atoms with Gasteiger partial charge < -0.3 is 4.74 Å². The highest BCUT2D eigenvalue weighted by Gasteiger charge is 2.19. The molecule has 0 saturated carbocycles. The van der Waals surface area contributed by atoms with Gasteiger partial charge in [-0.05, 0) is 48.5 Å². The van der Waals surface area contributed by atoms with Crippen LogP contribution in [0.15, 0.2) is 65.7 Å². The van der Waals surface area contributed by atoms with Crippen LogP contribution in [0.4, 0.5) is 10.1 Å². The van der Waals surface area contributed by atoms with Crippen LogP contribution in [0.5, 0.6) is 5.75 Å². The molecule has 0 spiro atoms. The summed E-state index contributed by atoms with van der Waals surface area (Å²) in [6.07, 6.45) is 1.65. The van der Waals surface area contributed by atoms with Crippen LogP contribution in [0.3, 0.4) is 0 Å². The molecule has 1 N–H and O–H groups in total. The first-order valence-electron chi connectivity index (χ1n) is 7.65. The van der Waals surface area contributed by atoms with Crippen molar-refractivity contribution in [3.63, 3.8) is 0 Å². The van der Waals surface area contributed by atoms with Gasteiger partial charge in [-0.1, -0.05) is 29.3 Å². The molecule has 0 radical (unpaired) electrons. The van der Waals surface area contributed by atoms with Crippen LogP contribution < -0.4 is 9.46 Å². The molecule has 0 aliphatic carbocycles. The van der Waals surface area contributed by atoms with Gasteiger partial charge in [-0.3, -0.25) is 9.71 Å². The fraction of sp³-hybridized carbons (Fsp3) is 0.0556. The van der Waals surface area contributed by atoms with Crippen molar-refractivity contribution >= 4 is 38.9 Å². The molecule has 3 rings (SSSR count). The molecule has 140 valence electrons. The molecule has 0 amide bonds. The van der Waals surface area contributed by atoms with Crippen molar-refractivity contribution in [3.05, 3.63) is 82.4 Å². The summed E-state index contributed by atoms with van der Waals surface area (Å²) in [4.78, 5) is 3.90. The maximum Gasteiger partial charge on any atom is 0.263 e. The van der Waals surface area contributed by atoms with Crippen molar-refractivity contribution in [2.45, 2.75) is 11.5 Å². The predicted molar refractivity (Wildman–Crippen MR) is 102 cm³/mol. The molecule has 9 heteroatoms. The van der Waals surface area contributed by atoms with E-state index in [1.165, 1.54) is 18.2 Å². The Morgan fingerprint density at radius 3 is 2.52 bits per heavy atom. The lowest BCUT2D eigenvalue weighted by Gasteiger charge is -2.12. The average Bonchev–Trinajstić information content (AvgIpc) is 2.61. The number of rotatable bonds is 6. The molecule has 1 heterocycles. The van der Waals surface area contributed by atoms with E-state index in [1.807, 2.05) is 12.1 Å². The van der Waals surface area contributed by atoms with E-state index >= 15 is 0 Å². The Hall–Kier alpha value is -2.35. The largest absolute Gasteiger partial charge is 0.486 e. The summed E-state index contributed by atoms with van der Waals surface area (Å²) in [5.41, 5.74) is 0.940. The molecular formula is C18H13Cl2FN2O3S. The minimum Gasteiger partial charge on any atom is -0.486 e. The molecule has 0 atom stereocenters. The van der Waals surface area contributed by atoms with Crippen LogP contribution in [0.25, 0.3) is 0 Å². The Morgan fingerprint density at radius 2 is 1.85 bits per heavy atom. The monoisotopic (exact) mass is 426 g/mol. The zero-order valence-electron chi connectivity index (χ0n) is 13.7. The molecule has 0 saturated heterocycles. The highest BCUT2D eigenvalue weighted by molar-refractivity contribution is 7.92. The van der Waals surface area contributed by atoms with Crippen molar-refractivity contribution in [3.8, 4) is 5.75 Å². The highest BCUT2D eigenvalue weighted by atomic mass is 35.5. The number of nitrogens with one attached hydrogen (secondary N) is 1. The van der Waals surface area contributed by atoms with E-state index in [2.05, 4.69) is 9.71 Å². The summed E-state index contributed by atoms with van der Waals surface area (Å²) in [5.74, 6) is -0.249. The van der Waals surface area contributed by atoms with Crippen LogP contribution >= 0.6 is 23.2 Å². The highest BCUT2D eigenvalue weighted by Crippen LogP contribution is 2.30. The Kier molecular flexibility index (Phi) is 5.84. The van der Waals surface area contributed by atoms with Gasteiger partial charge in [0, 0.05) is 6.20 Å². The number of pyridine rings is 1. The smallest absolute Gasteiger partial charge is 0.263 e. The number of benzene rings is 2. The third kappa shape index (κ3) is 4.88. The average molecular weight is 427 g/mol. The van der Waals surface area contributed by atoms with Gasteiger partial charge in [0.05, 0.1) is 21.4 Å². The first kappa shape index (κ1) is 19.4. The maximum absolute atomic E-state index is 13.1. The van der Waals surface area contributed by atoms with E-state index < -0.39 is 15.8 Å². The lowest BCUT2D eigenvalue weighted by atomic mass is 10.3. The van der Waals surface area contributed by atoms with Gasteiger partial charge in [-0.2, -0.15) is 0 Å². The number of halogens is 3. The quantitative estimate of drug-likeness (QED) is 0.607.